The van der Waals surface area contributed by atoms with Crippen LogP contribution >= 0.6 is 0 Å². The van der Waals surface area contributed by atoms with Gasteiger partial charge in [-0.25, -0.2) is 0 Å². The van der Waals surface area contributed by atoms with Crippen molar-refractivity contribution in [1.29, 1.82) is 0 Å². The van der Waals surface area contributed by atoms with Gasteiger partial charge >= 0.3 is 0 Å². The largest absolute Gasteiger partial charge is 0.498 e. The van der Waals surface area contributed by atoms with Crippen LogP contribution in [0.15, 0.2) is 11.8 Å². The van der Waals surface area contributed by atoms with Crippen molar-refractivity contribution in [1.82, 2.24) is 0 Å². The second-order valence-corrected chi connectivity index (χ2v) is 4.06. The van der Waals surface area contributed by atoms with Gasteiger partial charge in [0.1, 0.15) is 0 Å². The van der Waals surface area contributed by atoms with Gasteiger partial charge < -0.3 is 4.74 Å². The Hall–Kier alpha value is -0.460. The molecule has 0 aromatic carbocycles. The maximum atomic E-state index is 5.35. The van der Waals surface area contributed by atoms with Crippen LogP contribution in [0.3, 0.4) is 0 Å². The molecule has 1 heteroatoms. The fourth-order valence-electron chi connectivity index (χ4n) is 1.10. The number of hydrogen-bond acceptors (Lipinski definition) is 1. The number of ether oxygens (including phenoxy) is 1. The number of allylic oxidation sites excluding steroid dienone is 1. The summed E-state index contributed by atoms with van der Waals surface area (Å²) in [7, 11) is 0. The highest BCUT2D eigenvalue weighted by molar-refractivity contribution is 5.03. The van der Waals surface area contributed by atoms with Gasteiger partial charge in [-0.15, -0.1) is 0 Å². The molecule has 0 bridgehead atoms. The van der Waals surface area contributed by atoms with Crippen molar-refractivity contribution in [3.63, 3.8) is 0 Å². The standard InChI is InChI=1S/C9H16O/c1-7-5-8(6-10-7)9(2,3)4/h5,8H,6H2,1-4H3/t8-/m1/s1. The monoisotopic (exact) mass is 140 g/mol. The van der Waals surface area contributed by atoms with Crippen molar-refractivity contribution < 1.29 is 4.74 Å². The average Bonchev–Trinajstić information content (AvgIpc) is 2.11. The van der Waals surface area contributed by atoms with E-state index in [0.29, 0.717) is 11.3 Å². The summed E-state index contributed by atoms with van der Waals surface area (Å²) in [6, 6.07) is 0. The third-order valence-electron chi connectivity index (χ3n) is 2.04. The Morgan fingerprint density at radius 2 is 2.10 bits per heavy atom. The summed E-state index contributed by atoms with van der Waals surface area (Å²) in [5.74, 6) is 1.69. The highest BCUT2D eigenvalue weighted by Gasteiger charge is 2.26. The molecule has 0 aliphatic carbocycles. The Balaban J connectivity index is 2.61. The normalized spacial score (nSPS) is 26.0. The van der Waals surface area contributed by atoms with Gasteiger partial charge in [-0.3, -0.25) is 0 Å². The van der Waals surface area contributed by atoms with Crippen LogP contribution < -0.4 is 0 Å². The van der Waals surface area contributed by atoms with Gasteiger partial charge in [0, 0.05) is 5.92 Å². The minimum Gasteiger partial charge on any atom is -0.498 e. The highest BCUT2D eigenvalue weighted by atomic mass is 16.5. The second-order valence-electron chi connectivity index (χ2n) is 4.06. The molecule has 0 unspecified atom stereocenters. The Labute approximate surface area is 63.1 Å². The van der Waals surface area contributed by atoms with Crippen LogP contribution in [-0.4, -0.2) is 6.61 Å². The summed E-state index contributed by atoms with van der Waals surface area (Å²) in [5, 5.41) is 0. The van der Waals surface area contributed by atoms with Gasteiger partial charge in [0.15, 0.2) is 0 Å². The molecular formula is C9H16O. The minimum atomic E-state index is 0.359. The predicted molar refractivity (Wildman–Crippen MR) is 42.7 cm³/mol. The third-order valence-corrected chi connectivity index (χ3v) is 2.04. The summed E-state index contributed by atoms with van der Waals surface area (Å²) in [6.07, 6.45) is 2.22. The Morgan fingerprint density at radius 3 is 2.30 bits per heavy atom. The van der Waals surface area contributed by atoms with E-state index in [1.54, 1.807) is 0 Å². The summed E-state index contributed by atoms with van der Waals surface area (Å²) < 4.78 is 5.35. The Kier molecular flexibility index (Phi) is 1.76. The lowest BCUT2D eigenvalue weighted by Gasteiger charge is -2.23. The lowest BCUT2D eigenvalue weighted by Crippen LogP contribution is -2.19. The average molecular weight is 140 g/mol. The molecule has 1 atom stereocenters. The zero-order chi connectivity index (χ0) is 7.78. The summed E-state index contributed by atoms with van der Waals surface area (Å²) in [6.45, 7) is 9.63. The van der Waals surface area contributed by atoms with Gasteiger partial charge in [0.05, 0.1) is 12.4 Å². The van der Waals surface area contributed by atoms with Crippen LogP contribution in [0, 0.1) is 11.3 Å². The van der Waals surface area contributed by atoms with Crippen molar-refractivity contribution >= 4 is 0 Å². The molecule has 0 fully saturated rings. The van der Waals surface area contributed by atoms with E-state index in [2.05, 4.69) is 26.8 Å². The number of rotatable bonds is 0. The van der Waals surface area contributed by atoms with Crippen LogP contribution in [0.2, 0.25) is 0 Å². The Morgan fingerprint density at radius 1 is 1.50 bits per heavy atom. The van der Waals surface area contributed by atoms with E-state index in [4.69, 9.17) is 4.74 Å². The molecule has 1 aliphatic rings. The molecular weight excluding hydrogens is 124 g/mol. The molecule has 0 amide bonds. The molecule has 1 heterocycles. The van der Waals surface area contributed by atoms with Gasteiger partial charge in [0.25, 0.3) is 0 Å². The summed E-state index contributed by atoms with van der Waals surface area (Å²) in [4.78, 5) is 0. The smallest absolute Gasteiger partial charge is 0.0946 e. The maximum Gasteiger partial charge on any atom is 0.0946 e. The van der Waals surface area contributed by atoms with Crippen molar-refractivity contribution in [2.24, 2.45) is 11.3 Å². The molecule has 0 saturated heterocycles. The minimum absolute atomic E-state index is 0.359. The summed E-state index contributed by atoms with van der Waals surface area (Å²) >= 11 is 0. The highest BCUT2D eigenvalue weighted by Crippen LogP contribution is 2.32. The van der Waals surface area contributed by atoms with Crippen molar-refractivity contribution in [3.05, 3.63) is 11.8 Å². The van der Waals surface area contributed by atoms with E-state index >= 15 is 0 Å². The number of hydrogen-bond donors (Lipinski definition) is 0. The topological polar surface area (TPSA) is 9.23 Å². The van der Waals surface area contributed by atoms with E-state index in [1.165, 1.54) is 0 Å². The van der Waals surface area contributed by atoms with E-state index < -0.39 is 0 Å². The molecule has 1 aliphatic heterocycles. The zero-order valence-electron chi connectivity index (χ0n) is 7.27. The molecule has 58 valence electrons. The molecule has 0 radical (unpaired) electrons. The Bertz CT molecular complexity index is 151. The van der Waals surface area contributed by atoms with E-state index in [0.717, 1.165) is 12.4 Å². The van der Waals surface area contributed by atoms with Crippen LogP contribution in [-0.2, 0) is 4.74 Å². The lowest BCUT2D eigenvalue weighted by molar-refractivity contribution is 0.165. The second kappa shape index (κ2) is 2.30. The van der Waals surface area contributed by atoms with Crippen molar-refractivity contribution in [2.75, 3.05) is 6.61 Å². The van der Waals surface area contributed by atoms with Crippen LogP contribution in [0.4, 0.5) is 0 Å². The fourth-order valence-corrected chi connectivity index (χ4v) is 1.10. The molecule has 0 spiro atoms. The fraction of sp³-hybridized carbons (Fsp3) is 0.778. The zero-order valence-corrected chi connectivity index (χ0v) is 7.27. The molecule has 0 aromatic heterocycles. The first kappa shape index (κ1) is 7.64. The third kappa shape index (κ3) is 1.53. The quantitative estimate of drug-likeness (QED) is 0.502. The molecule has 1 rings (SSSR count). The molecule has 0 saturated carbocycles. The maximum absolute atomic E-state index is 5.35. The lowest BCUT2D eigenvalue weighted by atomic mass is 9.82. The van der Waals surface area contributed by atoms with E-state index in [-0.39, 0.29) is 0 Å². The first-order valence-electron chi connectivity index (χ1n) is 3.81. The van der Waals surface area contributed by atoms with Gasteiger partial charge in [0.2, 0.25) is 0 Å². The van der Waals surface area contributed by atoms with Crippen LogP contribution in [0.5, 0.6) is 0 Å². The van der Waals surface area contributed by atoms with Gasteiger partial charge in [-0.05, 0) is 18.4 Å². The molecule has 0 N–H and O–H groups in total. The summed E-state index contributed by atoms with van der Waals surface area (Å²) in [5.41, 5.74) is 0.359. The van der Waals surface area contributed by atoms with Gasteiger partial charge in [-0.1, -0.05) is 20.8 Å². The molecule has 0 aromatic rings. The van der Waals surface area contributed by atoms with E-state index in [9.17, 15) is 0 Å². The first-order chi connectivity index (χ1) is 4.50. The SMILES string of the molecule is CC1=C[C@@H](C(C)(C)C)CO1. The first-order valence-corrected chi connectivity index (χ1v) is 3.81. The van der Waals surface area contributed by atoms with E-state index in [1.807, 2.05) is 6.92 Å². The van der Waals surface area contributed by atoms with Gasteiger partial charge in [-0.2, -0.15) is 0 Å². The van der Waals surface area contributed by atoms with Crippen molar-refractivity contribution in [3.8, 4) is 0 Å². The van der Waals surface area contributed by atoms with Crippen molar-refractivity contribution in [2.45, 2.75) is 27.7 Å². The molecule has 1 nitrogen and oxygen atoms in total. The predicted octanol–water partition coefficient (Wildman–Crippen LogP) is 2.58. The van der Waals surface area contributed by atoms with Crippen LogP contribution in [0.1, 0.15) is 27.7 Å². The van der Waals surface area contributed by atoms with Crippen LogP contribution in [0.25, 0.3) is 0 Å². The molecule has 10 heavy (non-hydrogen) atoms.